The quantitative estimate of drug-likeness (QED) is 0.0759. The number of aryl methyl sites for hydroxylation is 1. The molecule has 0 amide bonds. The van der Waals surface area contributed by atoms with E-state index in [1.54, 1.807) is 36.4 Å². The van der Waals surface area contributed by atoms with Crippen molar-refractivity contribution in [3.63, 3.8) is 0 Å². The van der Waals surface area contributed by atoms with E-state index in [2.05, 4.69) is 11.7 Å². The van der Waals surface area contributed by atoms with Gasteiger partial charge in [0, 0.05) is 22.7 Å². The molecule has 0 unspecified atom stereocenters. The number of pyridine rings is 1. The van der Waals surface area contributed by atoms with Crippen molar-refractivity contribution < 1.29 is 46.4 Å². The molecule has 0 bridgehead atoms. The Hall–Kier alpha value is -4.38. The van der Waals surface area contributed by atoms with Gasteiger partial charge in [-0.25, -0.2) is 4.79 Å². The number of unbranched alkanes of at least 4 members (excludes halogenated alkanes) is 4. The van der Waals surface area contributed by atoms with Crippen molar-refractivity contribution >= 4 is 28.7 Å². The minimum atomic E-state index is -4.78. The average molecular weight is 648 g/mol. The molecule has 0 radical (unpaired) electrons. The third kappa shape index (κ3) is 9.55. The van der Waals surface area contributed by atoms with Crippen LogP contribution in [0, 0.1) is 6.92 Å². The maximum atomic E-state index is 12.4. The predicted octanol–water partition coefficient (Wildman–Crippen LogP) is 10.0. The molecule has 1 heterocycles. The molecule has 12 heteroatoms. The van der Waals surface area contributed by atoms with E-state index in [0.717, 1.165) is 44.2 Å². The van der Waals surface area contributed by atoms with Crippen LogP contribution in [0.25, 0.3) is 22.0 Å². The monoisotopic (exact) mass is 647 g/mol. The first-order valence-electron chi connectivity index (χ1n) is 14.3. The number of hydrogen-bond donors (Lipinski definition) is 0. The highest BCUT2D eigenvalue weighted by molar-refractivity contribution is 6.33. The van der Waals surface area contributed by atoms with Crippen LogP contribution in [-0.2, 0) is 9.47 Å². The van der Waals surface area contributed by atoms with E-state index in [0.29, 0.717) is 55.7 Å². The molecule has 0 fully saturated rings. The summed E-state index contributed by atoms with van der Waals surface area (Å²) in [6.45, 7) is 3.79. The molecule has 0 saturated carbocycles. The van der Waals surface area contributed by atoms with Crippen molar-refractivity contribution in [2.75, 3.05) is 20.5 Å². The standard InChI is InChI=1S/C33H33ClF3NO7/c1-4-5-6-7-8-17-41-32(39)43-20-42-31-26-18-27(34)29(40-3)19-28(26)38-21(2)30(31)22-9-11-23(12-10-22)44-24-13-15-25(16-14-24)45-33(35,36)37/h9-16,18-19H,4-8,17,20H2,1-3H3. The van der Waals surface area contributed by atoms with E-state index < -0.39 is 19.3 Å². The minimum Gasteiger partial charge on any atom is -0.495 e. The van der Waals surface area contributed by atoms with Gasteiger partial charge in [-0.2, -0.15) is 0 Å². The lowest BCUT2D eigenvalue weighted by Gasteiger charge is -2.18. The zero-order valence-corrected chi connectivity index (χ0v) is 25.8. The van der Waals surface area contributed by atoms with Gasteiger partial charge < -0.3 is 28.4 Å². The van der Waals surface area contributed by atoms with Crippen molar-refractivity contribution in [3.8, 4) is 39.9 Å². The number of alkyl halides is 3. The third-order valence-corrected chi connectivity index (χ3v) is 6.97. The second kappa shape index (κ2) is 15.6. The molecule has 0 aliphatic heterocycles. The summed E-state index contributed by atoms with van der Waals surface area (Å²) in [4.78, 5) is 16.9. The first-order chi connectivity index (χ1) is 21.6. The van der Waals surface area contributed by atoms with Crippen molar-refractivity contribution in [1.29, 1.82) is 0 Å². The van der Waals surface area contributed by atoms with E-state index >= 15 is 0 Å². The molecule has 0 atom stereocenters. The largest absolute Gasteiger partial charge is 0.573 e. The molecular weight excluding hydrogens is 615 g/mol. The van der Waals surface area contributed by atoms with Crippen molar-refractivity contribution in [2.24, 2.45) is 0 Å². The molecule has 0 spiro atoms. The molecule has 3 aromatic carbocycles. The lowest BCUT2D eigenvalue weighted by molar-refractivity contribution is -0.274. The number of rotatable bonds is 14. The summed E-state index contributed by atoms with van der Waals surface area (Å²) in [5.41, 5.74) is 2.50. The number of carbonyl (C=O) groups excluding carboxylic acids is 1. The number of methoxy groups -OCH3 is 1. The van der Waals surface area contributed by atoms with Crippen LogP contribution in [0.15, 0.2) is 60.7 Å². The Bertz CT molecular complexity index is 1580. The molecule has 4 rings (SSSR count). The van der Waals surface area contributed by atoms with E-state index in [4.69, 9.17) is 40.3 Å². The highest BCUT2D eigenvalue weighted by Crippen LogP contribution is 2.42. The second-order valence-corrected chi connectivity index (χ2v) is 10.4. The van der Waals surface area contributed by atoms with Gasteiger partial charge >= 0.3 is 12.5 Å². The minimum absolute atomic E-state index is 0.264. The smallest absolute Gasteiger partial charge is 0.495 e. The summed E-state index contributed by atoms with van der Waals surface area (Å²) in [7, 11) is 1.50. The molecule has 1 aromatic heterocycles. The van der Waals surface area contributed by atoms with Gasteiger partial charge in [0.25, 0.3) is 0 Å². The van der Waals surface area contributed by atoms with Gasteiger partial charge in [-0.05, 0) is 61.4 Å². The van der Waals surface area contributed by atoms with E-state index in [9.17, 15) is 18.0 Å². The Morgan fingerprint density at radius 2 is 1.53 bits per heavy atom. The summed E-state index contributed by atoms with van der Waals surface area (Å²) in [5.74, 6) is 1.22. The first-order valence-corrected chi connectivity index (χ1v) is 14.7. The van der Waals surface area contributed by atoms with E-state index in [1.165, 1.54) is 19.2 Å². The summed E-state index contributed by atoms with van der Waals surface area (Å²) in [6.07, 6.45) is -0.527. The van der Waals surface area contributed by atoms with Crippen LogP contribution in [0.4, 0.5) is 18.0 Å². The van der Waals surface area contributed by atoms with Gasteiger partial charge in [-0.3, -0.25) is 4.98 Å². The Morgan fingerprint density at radius 3 is 2.18 bits per heavy atom. The van der Waals surface area contributed by atoms with Crippen LogP contribution in [0.3, 0.4) is 0 Å². The normalized spacial score (nSPS) is 11.3. The lowest BCUT2D eigenvalue weighted by atomic mass is 10.00. The van der Waals surface area contributed by atoms with E-state index in [1.807, 2.05) is 6.92 Å². The molecule has 0 aliphatic carbocycles. The number of fused-ring (bicyclic) bond motifs is 1. The summed E-state index contributed by atoms with van der Waals surface area (Å²) >= 11 is 6.45. The van der Waals surface area contributed by atoms with Gasteiger partial charge in [0.15, 0.2) is 0 Å². The van der Waals surface area contributed by atoms with E-state index in [-0.39, 0.29) is 12.4 Å². The molecule has 8 nitrogen and oxygen atoms in total. The topological polar surface area (TPSA) is 85.3 Å². The van der Waals surface area contributed by atoms with Gasteiger partial charge in [-0.1, -0.05) is 56.3 Å². The van der Waals surface area contributed by atoms with Crippen LogP contribution in [0.5, 0.6) is 28.7 Å². The SMILES string of the molecule is CCCCCCCOC(=O)OCOc1c(-c2ccc(Oc3ccc(OC(F)(F)F)cc3)cc2)c(C)nc2cc(OC)c(Cl)cc12. The number of carbonyl (C=O) groups is 1. The number of aromatic nitrogens is 1. The molecular formula is C33H33ClF3NO7. The third-order valence-electron chi connectivity index (χ3n) is 6.68. The molecule has 0 saturated heterocycles. The molecule has 0 N–H and O–H groups in total. The Morgan fingerprint density at radius 1 is 0.889 bits per heavy atom. The fourth-order valence-electron chi connectivity index (χ4n) is 4.57. The number of hydrogen-bond acceptors (Lipinski definition) is 8. The molecule has 240 valence electrons. The fraction of sp³-hybridized carbons (Fsp3) is 0.333. The number of ether oxygens (including phenoxy) is 6. The maximum Gasteiger partial charge on any atom is 0.573 e. The zero-order valence-electron chi connectivity index (χ0n) is 25.0. The highest BCUT2D eigenvalue weighted by Gasteiger charge is 2.31. The lowest BCUT2D eigenvalue weighted by Crippen LogP contribution is -2.16. The predicted molar refractivity (Wildman–Crippen MR) is 163 cm³/mol. The van der Waals surface area contributed by atoms with Crippen molar-refractivity contribution in [2.45, 2.75) is 52.3 Å². The van der Waals surface area contributed by atoms with Crippen LogP contribution in [-0.4, -0.2) is 38.0 Å². The number of benzene rings is 3. The summed E-state index contributed by atoms with van der Waals surface area (Å²) in [6, 6.07) is 15.4. The van der Waals surface area contributed by atoms with Gasteiger partial charge in [0.2, 0.25) is 6.79 Å². The van der Waals surface area contributed by atoms with Crippen LogP contribution >= 0.6 is 11.6 Å². The van der Waals surface area contributed by atoms with Gasteiger partial charge in [0.1, 0.15) is 28.7 Å². The summed E-state index contributed by atoms with van der Waals surface area (Å²) in [5, 5.41) is 0.904. The zero-order chi connectivity index (χ0) is 32.4. The Kier molecular flexibility index (Phi) is 11.6. The van der Waals surface area contributed by atoms with Gasteiger partial charge in [0.05, 0.1) is 24.3 Å². The first kappa shape index (κ1) is 33.5. The van der Waals surface area contributed by atoms with Crippen LogP contribution in [0.1, 0.15) is 44.7 Å². The van der Waals surface area contributed by atoms with Gasteiger partial charge in [-0.15, -0.1) is 13.2 Å². The fourth-order valence-corrected chi connectivity index (χ4v) is 4.81. The number of halogens is 4. The average Bonchev–Trinajstić information content (AvgIpc) is 3.00. The maximum absolute atomic E-state index is 12.4. The van der Waals surface area contributed by atoms with Crippen molar-refractivity contribution in [3.05, 3.63) is 71.4 Å². The number of nitrogens with zero attached hydrogens (tertiary/aromatic N) is 1. The Balaban J connectivity index is 1.53. The molecule has 4 aromatic rings. The highest BCUT2D eigenvalue weighted by atomic mass is 35.5. The molecule has 0 aliphatic rings. The van der Waals surface area contributed by atoms with Crippen LogP contribution < -0.4 is 18.9 Å². The summed E-state index contributed by atoms with van der Waals surface area (Å²) < 4.78 is 68.8. The molecule has 45 heavy (non-hydrogen) atoms. The second-order valence-electron chi connectivity index (χ2n) is 9.97. The van der Waals surface area contributed by atoms with Crippen molar-refractivity contribution in [1.82, 2.24) is 4.98 Å². The Labute approximate surface area is 263 Å². The van der Waals surface area contributed by atoms with Crippen LogP contribution in [0.2, 0.25) is 5.02 Å².